The van der Waals surface area contributed by atoms with Crippen molar-refractivity contribution in [3.8, 4) is 11.3 Å². The maximum Gasteiger partial charge on any atom is 0.0966 e. The van der Waals surface area contributed by atoms with Gasteiger partial charge in [-0.25, -0.2) is 0 Å². The monoisotopic (exact) mass is 308 g/mol. The van der Waals surface area contributed by atoms with Gasteiger partial charge in [0.25, 0.3) is 0 Å². The Morgan fingerprint density at radius 1 is 0.955 bits per heavy atom. The second-order valence-electron chi connectivity index (χ2n) is 5.46. The fraction of sp³-hybridized carbons (Fsp3) is 0.211. The first-order valence-electron chi connectivity index (χ1n) is 7.43. The predicted molar refractivity (Wildman–Crippen MR) is 94.1 cm³/mol. The van der Waals surface area contributed by atoms with E-state index in [0.717, 1.165) is 11.4 Å². The van der Waals surface area contributed by atoms with Gasteiger partial charge >= 0.3 is 0 Å². The van der Waals surface area contributed by atoms with E-state index in [1.165, 1.54) is 27.3 Å². The Kier molecular flexibility index (Phi) is 4.34. The Morgan fingerprint density at radius 3 is 2.36 bits per heavy atom. The number of aromatic nitrogens is 2. The summed E-state index contributed by atoms with van der Waals surface area (Å²) in [5.74, 6) is 0.939. The van der Waals surface area contributed by atoms with Gasteiger partial charge in [-0.3, -0.25) is 4.68 Å². The molecule has 0 amide bonds. The maximum atomic E-state index is 4.72. The zero-order valence-electron chi connectivity index (χ0n) is 13.2. The summed E-state index contributed by atoms with van der Waals surface area (Å²) in [4.78, 5) is 1.34. The standard InChI is InChI=1S/C19H20N2S/c1-14-9-7-8-12-18(14)22-13-17-15(2)21(3)20-19(17)16-10-5-4-6-11-16/h4-12H,13H2,1-3H3. The lowest BCUT2D eigenvalue weighted by Gasteiger charge is -2.07. The van der Waals surface area contributed by atoms with Crippen LogP contribution < -0.4 is 0 Å². The number of hydrogen-bond donors (Lipinski definition) is 0. The van der Waals surface area contributed by atoms with E-state index in [2.05, 4.69) is 62.4 Å². The van der Waals surface area contributed by atoms with E-state index in [4.69, 9.17) is 5.10 Å². The summed E-state index contributed by atoms with van der Waals surface area (Å²) in [7, 11) is 2.02. The zero-order valence-corrected chi connectivity index (χ0v) is 14.0. The summed E-state index contributed by atoms with van der Waals surface area (Å²) in [5.41, 5.74) is 6.17. The first kappa shape index (κ1) is 14.9. The molecule has 0 aliphatic rings. The summed E-state index contributed by atoms with van der Waals surface area (Å²) in [6.07, 6.45) is 0. The van der Waals surface area contributed by atoms with Gasteiger partial charge in [-0.05, 0) is 25.5 Å². The fourth-order valence-electron chi connectivity index (χ4n) is 2.52. The predicted octanol–water partition coefficient (Wildman–Crippen LogP) is 5.00. The molecule has 0 aliphatic heterocycles. The van der Waals surface area contributed by atoms with E-state index >= 15 is 0 Å². The van der Waals surface area contributed by atoms with Crippen molar-refractivity contribution in [3.63, 3.8) is 0 Å². The summed E-state index contributed by atoms with van der Waals surface area (Å²) in [6.45, 7) is 4.31. The highest BCUT2D eigenvalue weighted by Gasteiger charge is 2.15. The average molecular weight is 308 g/mol. The third kappa shape index (κ3) is 2.95. The molecular formula is C19H20N2S. The lowest BCUT2D eigenvalue weighted by molar-refractivity contribution is 0.741. The van der Waals surface area contributed by atoms with Crippen LogP contribution in [0.3, 0.4) is 0 Å². The molecule has 2 nitrogen and oxygen atoms in total. The number of hydrogen-bond acceptors (Lipinski definition) is 2. The minimum absolute atomic E-state index is 0.939. The SMILES string of the molecule is Cc1ccccc1SCc1c(-c2ccccc2)nn(C)c1C. The van der Waals surface area contributed by atoms with Crippen LogP contribution in [0.4, 0.5) is 0 Å². The third-order valence-electron chi connectivity index (χ3n) is 3.97. The van der Waals surface area contributed by atoms with Gasteiger partial charge in [-0.2, -0.15) is 5.10 Å². The van der Waals surface area contributed by atoms with Gasteiger partial charge in [0.2, 0.25) is 0 Å². The maximum absolute atomic E-state index is 4.72. The van der Waals surface area contributed by atoms with E-state index in [0.29, 0.717) is 0 Å². The summed E-state index contributed by atoms with van der Waals surface area (Å²) >= 11 is 1.88. The molecule has 0 N–H and O–H groups in total. The zero-order chi connectivity index (χ0) is 15.5. The Balaban J connectivity index is 1.92. The molecule has 22 heavy (non-hydrogen) atoms. The number of rotatable bonds is 4. The van der Waals surface area contributed by atoms with Crippen molar-refractivity contribution >= 4 is 11.8 Å². The van der Waals surface area contributed by atoms with E-state index in [1.807, 2.05) is 29.6 Å². The van der Waals surface area contributed by atoms with E-state index in [-0.39, 0.29) is 0 Å². The van der Waals surface area contributed by atoms with E-state index < -0.39 is 0 Å². The molecule has 112 valence electrons. The van der Waals surface area contributed by atoms with E-state index in [9.17, 15) is 0 Å². The van der Waals surface area contributed by atoms with Gasteiger partial charge in [-0.15, -0.1) is 11.8 Å². The minimum Gasteiger partial charge on any atom is -0.272 e. The van der Waals surface area contributed by atoms with Crippen molar-refractivity contribution < 1.29 is 0 Å². The number of thioether (sulfide) groups is 1. The van der Waals surface area contributed by atoms with Crippen LogP contribution in [0.15, 0.2) is 59.5 Å². The highest BCUT2D eigenvalue weighted by molar-refractivity contribution is 7.98. The molecule has 0 unspecified atom stereocenters. The molecule has 1 heterocycles. The average Bonchev–Trinajstić information content (AvgIpc) is 2.83. The molecule has 0 radical (unpaired) electrons. The van der Waals surface area contributed by atoms with Crippen LogP contribution in [0.1, 0.15) is 16.8 Å². The third-order valence-corrected chi connectivity index (χ3v) is 5.17. The smallest absolute Gasteiger partial charge is 0.0966 e. The van der Waals surface area contributed by atoms with Gasteiger partial charge in [-0.1, -0.05) is 48.5 Å². The molecule has 1 aromatic heterocycles. The molecule has 0 atom stereocenters. The summed E-state index contributed by atoms with van der Waals surface area (Å²) in [5, 5.41) is 4.72. The van der Waals surface area contributed by atoms with Gasteiger partial charge in [0, 0.05) is 34.5 Å². The molecule has 0 fully saturated rings. The lowest BCUT2D eigenvalue weighted by Crippen LogP contribution is -1.93. The van der Waals surface area contributed by atoms with Gasteiger partial charge in [0.15, 0.2) is 0 Å². The lowest BCUT2D eigenvalue weighted by atomic mass is 10.1. The molecule has 0 saturated heterocycles. The van der Waals surface area contributed by atoms with Gasteiger partial charge in [0.05, 0.1) is 5.69 Å². The molecule has 3 rings (SSSR count). The normalized spacial score (nSPS) is 10.9. The van der Waals surface area contributed by atoms with Crippen molar-refractivity contribution in [2.24, 2.45) is 7.05 Å². The molecular weight excluding hydrogens is 288 g/mol. The second kappa shape index (κ2) is 6.41. The number of aryl methyl sites for hydroxylation is 2. The number of nitrogens with zero attached hydrogens (tertiary/aromatic N) is 2. The Labute approximate surface area is 136 Å². The van der Waals surface area contributed by atoms with Crippen molar-refractivity contribution in [2.45, 2.75) is 24.5 Å². The molecule has 0 saturated carbocycles. The highest BCUT2D eigenvalue weighted by Crippen LogP contribution is 2.32. The fourth-order valence-corrected chi connectivity index (χ4v) is 3.64. The molecule has 0 aliphatic carbocycles. The summed E-state index contributed by atoms with van der Waals surface area (Å²) < 4.78 is 1.98. The summed E-state index contributed by atoms with van der Waals surface area (Å²) in [6, 6.07) is 19.0. The number of benzene rings is 2. The minimum atomic E-state index is 0.939. The first-order valence-corrected chi connectivity index (χ1v) is 8.41. The largest absolute Gasteiger partial charge is 0.272 e. The quantitative estimate of drug-likeness (QED) is 0.631. The molecule has 3 aromatic rings. The van der Waals surface area contributed by atoms with Crippen LogP contribution in [0, 0.1) is 13.8 Å². The van der Waals surface area contributed by atoms with Crippen molar-refractivity contribution in [3.05, 3.63) is 71.4 Å². The van der Waals surface area contributed by atoms with Gasteiger partial charge in [0.1, 0.15) is 0 Å². The van der Waals surface area contributed by atoms with Crippen LogP contribution in [-0.4, -0.2) is 9.78 Å². The van der Waals surface area contributed by atoms with Crippen LogP contribution in [0.5, 0.6) is 0 Å². The molecule has 3 heteroatoms. The van der Waals surface area contributed by atoms with Crippen molar-refractivity contribution in [2.75, 3.05) is 0 Å². The topological polar surface area (TPSA) is 17.8 Å². The molecule has 0 bridgehead atoms. The van der Waals surface area contributed by atoms with Crippen LogP contribution in [0.2, 0.25) is 0 Å². The van der Waals surface area contributed by atoms with Crippen LogP contribution in [-0.2, 0) is 12.8 Å². The molecule has 2 aromatic carbocycles. The Morgan fingerprint density at radius 2 is 1.64 bits per heavy atom. The van der Waals surface area contributed by atoms with Crippen molar-refractivity contribution in [1.29, 1.82) is 0 Å². The Bertz CT molecular complexity index is 775. The first-order chi connectivity index (χ1) is 10.7. The second-order valence-corrected chi connectivity index (χ2v) is 6.47. The van der Waals surface area contributed by atoms with Crippen LogP contribution >= 0.6 is 11.8 Å². The Hall–Kier alpha value is -2.00. The van der Waals surface area contributed by atoms with Gasteiger partial charge < -0.3 is 0 Å². The molecule has 0 spiro atoms. The van der Waals surface area contributed by atoms with Crippen molar-refractivity contribution in [1.82, 2.24) is 9.78 Å². The van der Waals surface area contributed by atoms with Crippen LogP contribution in [0.25, 0.3) is 11.3 Å². The van der Waals surface area contributed by atoms with E-state index in [1.54, 1.807) is 0 Å². The highest BCUT2D eigenvalue weighted by atomic mass is 32.2.